The minimum Gasteiger partial charge on any atom is -0.747 e. The molecule has 0 aromatic carbocycles. The van der Waals surface area contributed by atoms with Crippen molar-refractivity contribution in [3.8, 4) is 0 Å². The van der Waals surface area contributed by atoms with Gasteiger partial charge in [0, 0.05) is 0 Å². The molecule has 7 nitrogen and oxygen atoms in total. The first-order chi connectivity index (χ1) is 3.71. The Bertz CT molecular complexity index is 242. The van der Waals surface area contributed by atoms with Crippen molar-refractivity contribution < 1.29 is 48.5 Å². The summed E-state index contributed by atoms with van der Waals surface area (Å²) in [7, 11) is -9.86. The summed E-state index contributed by atoms with van der Waals surface area (Å²) < 4.78 is 57.1. The normalized spacial score (nSPS) is 11.1. The van der Waals surface area contributed by atoms with Gasteiger partial charge in [-0.3, -0.25) is 0 Å². The Morgan fingerprint density at radius 1 is 0.909 bits per heavy atom. The molecule has 0 heterocycles. The van der Waals surface area contributed by atoms with Crippen LogP contribution >= 0.6 is 0 Å². The van der Waals surface area contributed by atoms with E-state index in [-0.39, 0.29) is 22.5 Å². The van der Waals surface area contributed by atoms with Crippen molar-refractivity contribution in [1.82, 2.24) is 0 Å². The van der Waals surface area contributed by atoms with Gasteiger partial charge < -0.3 is 14.6 Å². The Hall–Kier alpha value is 0.299. The molecule has 0 aliphatic heterocycles. The van der Waals surface area contributed by atoms with Gasteiger partial charge in [0.2, 0.25) is 0 Å². The number of hydrogen-bond acceptors (Lipinski definition) is 6. The van der Waals surface area contributed by atoms with E-state index in [0.717, 1.165) is 0 Å². The van der Waals surface area contributed by atoms with Crippen molar-refractivity contribution in [3.05, 3.63) is 0 Å². The van der Waals surface area contributed by atoms with Crippen molar-refractivity contribution in [3.63, 3.8) is 0 Å². The van der Waals surface area contributed by atoms with Gasteiger partial charge in [0.25, 0.3) is 0 Å². The fraction of sp³-hybridized carbons (Fsp3) is 1.00. The third-order valence-electron chi connectivity index (χ3n) is 0.289. The summed E-state index contributed by atoms with van der Waals surface area (Å²) in [6.07, 6.45) is 0. The summed E-state index contributed by atoms with van der Waals surface area (Å²) in [5.74, 6) is 0. The molecule has 2 N–H and O–H groups in total. The zero-order valence-corrected chi connectivity index (χ0v) is 7.35. The van der Waals surface area contributed by atoms with E-state index in [1.165, 1.54) is 0 Å². The van der Waals surface area contributed by atoms with Crippen LogP contribution in [0.2, 0.25) is 0 Å². The predicted molar refractivity (Wildman–Crippen MR) is 27.9 cm³/mol. The standard InChI is InChI=1S/CH4O6S2.Cu.H2O/c2-8(3,4)1-9(5,6)7;;/h1H2,(H,2,3,4)(H,5,6,7);;1H2/q;+2;/p-2. The van der Waals surface area contributed by atoms with E-state index < -0.39 is 25.3 Å². The largest absolute Gasteiger partial charge is 2.00 e. The minimum atomic E-state index is -4.93. The topological polar surface area (TPSA) is 146 Å². The van der Waals surface area contributed by atoms with Crippen LogP contribution in [0.15, 0.2) is 0 Å². The summed E-state index contributed by atoms with van der Waals surface area (Å²) >= 11 is 0. The summed E-state index contributed by atoms with van der Waals surface area (Å²) in [6, 6.07) is 0. The Balaban J connectivity index is -0.000000320. The molecule has 0 aliphatic carbocycles. The van der Waals surface area contributed by atoms with Crippen molar-refractivity contribution >= 4 is 20.2 Å². The Kier molecular flexibility index (Phi) is 7.97. The van der Waals surface area contributed by atoms with Crippen LogP contribution in [0.25, 0.3) is 0 Å². The van der Waals surface area contributed by atoms with Crippen LogP contribution in [0.5, 0.6) is 0 Å². The van der Waals surface area contributed by atoms with Gasteiger partial charge in [0.05, 0.1) is 0 Å². The minimum absolute atomic E-state index is 0. The van der Waals surface area contributed by atoms with Crippen molar-refractivity contribution in [1.29, 1.82) is 0 Å². The van der Waals surface area contributed by atoms with Crippen LogP contribution in [-0.2, 0) is 37.3 Å². The van der Waals surface area contributed by atoms with Crippen LogP contribution in [0, 0.1) is 0 Å². The van der Waals surface area contributed by atoms with Crippen molar-refractivity contribution in [2.45, 2.75) is 0 Å². The van der Waals surface area contributed by atoms with E-state index in [9.17, 15) is 25.9 Å². The molecular weight excluding hydrogens is 252 g/mol. The third-order valence-corrected chi connectivity index (χ3v) is 2.60. The van der Waals surface area contributed by atoms with Gasteiger partial charge in [-0.2, -0.15) is 0 Å². The molecule has 0 unspecified atom stereocenters. The molecule has 1 radical (unpaired) electrons. The second-order valence-corrected chi connectivity index (χ2v) is 4.41. The Labute approximate surface area is 74.1 Å². The molecule has 0 aromatic rings. The van der Waals surface area contributed by atoms with Gasteiger partial charge in [0.15, 0.2) is 0 Å². The van der Waals surface area contributed by atoms with Crippen LogP contribution in [0.4, 0.5) is 0 Å². The van der Waals surface area contributed by atoms with Crippen molar-refractivity contribution in [2.75, 3.05) is 5.08 Å². The number of rotatable bonds is 2. The first-order valence-corrected chi connectivity index (χ1v) is 4.73. The molecule has 0 spiro atoms. The van der Waals surface area contributed by atoms with E-state index in [1.54, 1.807) is 0 Å². The van der Waals surface area contributed by atoms with Crippen LogP contribution in [0.3, 0.4) is 0 Å². The molecule has 0 atom stereocenters. The predicted octanol–water partition coefficient (Wildman–Crippen LogP) is -2.79. The van der Waals surface area contributed by atoms with Gasteiger partial charge >= 0.3 is 17.1 Å². The molecular formula is CH4CuO7S2. The maximum absolute atomic E-state index is 9.51. The van der Waals surface area contributed by atoms with Gasteiger partial charge in [0.1, 0.15) is 25.3 Å². The molecule has 11 heavy (non-hydrogen) atoms. The second-order valence-electron chi connectivity index (χ2n) is 1.23. The first-order valence-electron chi connectivity index (χ1n) is 1.58. The fourth-order valence-electron chi connectivity index (χ4n) is 0.177. The molecule has 0 fully saturated rings. The van der Waals surface area contributed by atoms with E-state index in [2.05, 4.69) is 0 Å². The van der Waals surface area contributed by atoms with Crippen LogP contribution in [-0.4, -0.2) is 36.5 Å². The molecule has 0 saturated heterocycles. The maximum atomic E-state index is 9.51. The summed E-state index contributed by atoms with van der Waals surface area (Å²) in [6.45, 7) is 0. The Morgan fingerprint density at radius 2 is 1.09 bits per heavy atom. The van der Waals surface area contributed by atoms with E-state index in [1.807, 2.05) is 0 Å². The molecule has 73 valence electrons. The van der Waals surface area contributed by atoms with Crippen LogP contribution < -0.4 is 0 Å². The average Bonchev–Trinajstić information content (AvgIpc) is 1.14. The molecule has 0 saturated carbocycles. The molecule has 0 aromatic heterocycles. The number of hydrogen-bond donors (Lipinski definition) is 0. The third kappa shape index (κ3) is 17.9. The van der Waals surface area contributed by atoms with E-state index >= 15 is 0 Å². The van der Waals surface area contributed by atoms with E-state index in [0.29, 0.717) is 0 Å². The second kappa shape index (κ2) is 5.04. The van der Waals surface area contributed by atoms with Crippen LogP contribution in [0.1, 0.15) is 0 Å². The van der Waals surface area contributed by atoms with Gasteiger partial charge in [-0.15, -0.1) is 0 Å². The zero-order valence-electron chi connectivity index (χ0n) is 4.77. The molecule has 0 bridgehead atoms. The maximum Gasteiger partial charge on any atom is 2.00 e. The molecule has 10 heteroatoms. The molecule has 0 aliphatic rings. The average molecular weight is 256 g/mol. The van der Waals surface area contributed by atoms with Gasteiger partial charge in [-0.05, 0) is 0 Å². The quantitative estimate of drug-likeness (QED) is 0.385. The monoisotopic (exact) mass is 255 g/mol. The molecule has 0 amide bonds. The smallest absolute Gasteiger partial charge is 0.747 e. The SMILES string of the molecule is O.O=S(=O)([O-])CS(=O)(=O)[O-].[Cu+2]. The van der Waals surface area contributed by atoms with Gasteiger partial charge in [-0.1, -0.05) is 0 Å². The van der Waals surface area contributed by atoms with Gasteiger partial charge in [-0.25, -0.2) is 16.8 Å². The van der Waals surface area contributed by atoms with E-state index in [4.69, 9.17) is 0 Å². The zero-order chi connectivity index (χ0) is 7.71. The summed E-state index contributed by atoms with van der Waals surface area (Å²) in [5, 5.41) is -1.88. The van der Waals surface area contributed by atoms with Crippen molar-refractivity contribution in [2.24, 2.45) is 0 Å². The summed E-state index contributed by atoms with van der Waals surface area (Å²) in [5.41, 5.74) is 0. The first kappa shape index (κ1) is 17.4. The summed E-state index contributed by atoms with van der Waals surface area (Å²) in [4.78, 5) is 0. The Morgan fingerprint density at radius 3 is 1.09 bits per heavy atom. The molecule has 0 rings (SSSR count). The fourth-order valence-corrected chi connectivity index (χ4v) is 1.59.